The molecule has 1 aliphatic carbocycles. The lowest BCUT2D eigenvalue weighted by molar-refractivity contribution is -0.116. The predicted octanol–water partition coefficient (Wildman–Crippen LogP) is 3.74. The Bertz CT molecular complexity index is 924. The molecule has 4 rings (SSSR count). The number of thiophene rings is 1. The number of benzene rings is 1. The van der Waals surface area contributed by atoms with Crippen molar-refractivity contribution in [3.8, 4) is 11.5 Å². The van der Waals surface area contributed by atoms with Gasteiger partial charge in [-0.25, -0.2) is 0 Å². The minimum atomic E-state index is -0.230. The van der Waals surface area contributed by atoms with Crippen LogP contribution in [-0.2, 0) is 17.6 Å². The third-order valence-electron chi connectivity index (χ3n) is 5.37. The van der Waals surface area contributed by atoms with Crippen LogP contribution in [0.1, 0.15) is 40.4 Å². The van der Waals surface area contributed by atoms with Crippen molar-refractivity contribution < 1.29 is 19.1 Å². The standard InChI is InChI=1S/C22H26N2O4S/c1-3-24(22(26)20-11-15-10-14(2)4-7-19(15)29-20)13-21(25)23-16-5-6-17-18(12-16)28-9-8-27-17/h5-6,11-12,14H,3-4,7-10,13H2,1-2H3,(H,23,25). The second-order valence-corrected chi connectivity index (χ2v) is 8.77. The smallest absolute Gasteiger partial charge is 0.264 e. The molecule has 1 aromatic carbocycles. The highest BCUT2D eigenvalue weighted by molar-refractivity contribution is 7.14. The van der Waals surface area contributed by atoms with Crippen molar-refractivity contribution in [1.29, 1.82) is 0 Å². The van der Waals surface area contributed by atoms with Gasteiger partial charge in [-0.2, -0.15) is 0 Å². The van der Waals surface area contributed by atoms with Crippen LogP contribution < -0.4 is 14.8 Å². The van der Waals surface area contributed by atoms with Crippen molar-refractivity contribution in [3.63, 3.8) is 0 Å². The van der Waals surface area contributed by atoms with Crippen LogP contribution in [0.25, 0.3) is 0 Å². The third-order valence-corrected chi connectivity index (χ3v) is 6.59. The normalized spacial score (nSPS) is 17.4. The molecule has 1 atom stereocenters. The number of ether oxygens (including phenoxy) is 2. The maximum absolute atomic E-state index is 13.0. The molecule has 1 N–H and O–H groups in total. The highest BCUT2D eigenvalue weighted by Gasteiger charge is 2.24. The molecular formula is C22H26N2O4S. The maximum atomic E-state index is 13.0. The van der Waals surface area contributed by atoms with Gasteiger partial charge in [0.15, 0.2) is 11.5 Å². The molecule has 0 spiro atoms. The first-order valence-electron chi connectivity index (χ1n) is 10.1. The number of aryl methyl sites for hydroxylation is 1. The summed E-state index contributed by atoms with van der Waals surface area (Å²) in [5, 5.41) is 2.85. The Kier molecular flexibility index (Phi) is 5.76. The Hall–Kier alpha value is -2.54. The molecule has 1 aromatic heterocycles. The van der Waals surface area contributed by atoms with Crippen LogP contribution in [0.15, 0.2) is 24.3 Å². The first-order chi connectivity index (χ1) is 14.0. The van der Waals surface area contributed by atoms with Crippen LogP contribution in [0.5, 0.6) is 11.5 Å². The highest BCUT2D eigenvalue weighted by Crippen LogP contribution is 2.33. The largest absolute Gasteiger partial charge is 0.486 e. The summed E-state index contributed by atoms with van der Waals surface area (Å²) < 4.78 is 11.0. The van der Waals surface area contributed by atoms with Crippen LogP contribution in [0.2, 0.25) is 0 Å². The van der Waals surface area contributed by atoms with Crippen molar-refractivity contribution in [1.82, 2.24) is 4.90 Å². The number of carbonyl (C=O) groups excluding carboxylic acids is 2. The van der Waals surface area contributed by atoms with Gasteiger partial charge in [-0.1, -0.05) is 6.92 Å². The third kappa shape index (κ3) is 4.40. The van der Waals surface area contributed by atoms with Crippen LogP contribution in [0.3, 0.4) is 0 Å². The number of nitrogens with one attached hydrogen (secondary N) is 1. The van der Waals surface area contributed by atoms with Crippen molar-refractivity contribution in [2.24, 2.45) is 5.92 Å². The van der Waals surface area contributed by atoms with Crippen molar-refractivity contribution >= 4 is 28.8 Å². The topological polar surface area (TPSA) is 67.9 Å². The molecule has 2 amide bonds. The van der Waals surface area contributed by atoms with Crippen molar-refractivity contribution in [2.45, 2.75) is 33.1 Å². The molecule has 1 unspecified atom stereocenters. The van der Waals surface area contributed by atoms with E-state index in [2.05, 4.69) is 12.2 Å². The summed E-state index contributed by atoms with van der Waals surface area (Å²) >= 11 is 1.58. The Balaban J connectivity index is 1.40. The fourth-order valence-electron chi connectivity index (χ4n) is 3.79. The molecule has 2 aromatic rings. The van der Waals surface area contributed by atoms with Gasteiger partial charge >= 0.3 is 0 Å². The summed E-state index contributed by atoms with van der Waals surface area (Å²) in [5.41, 5.74) is 1.93. The molecule has 0 radical (unpaired) electrons. The molecule has 1 aliphatic heterocycles. The second kappa shape index (κ2) is 8.45. The quantitative estimate of drug-likeness (QED) is 0.809. The van der Waals surface area contributed by atoms with E-state index in [1.807, 2.05) is 13.0 Å². The van der Waals surface area contributed by atoms with Crippen LogP contribution in [0.4, 0.5) is 5.69 Å². The van der Waals surface area contributed by atoms with Gasteiger partial charge in [-0.05, 0) is 55.9 Å². The number of nitrogens with zero attached hydrogens (tertiary/aromatic N) is 1. The molecule has 154 valence electrons. The Labute approximate surface area is 174 Å². The van der Waals surface area contributed by atoms with Gasteiger partial charge in [-0.15, -0.1) is 11.3 Å². The van der Waals surface area contributed by atoms with Crippen LogP contribution >= 0.6 is 11.3 Å². The van der Waals surface area contributed by atoms with E-state index < -0.39 is 0 Å². The first kappa shape index (κ1) is 19.8. The summed E-state index contributed by atoms with van der Waals surface area (Å²) in [6, 6.07) is 7.33. The van der Waals surface area contributed by atoms with E-state index in [0.29, 0.717) is 42.9 Å². The monoisotopic (exact) mass is 414 g/mol. The second-order valence-electron chi connectivity index (χ2n) is 7.63. The number of anilines is 1. The maximum Gasteiger partial charge on any atom is 0.264 e. The molecule has 7 heteroatoms. The summed E-state index contributed by atoms with van der Waals surface area (Å²) in [5.74, 6) is 1.66. The average Bonchev–Trinajstić information content (AvgIpc) is 3.14. The van der Waals surface area contributed by atoms with E-state index in [1.54, 1.807) is 34.4 Å². The molecular weight excluding hydrogens is 388 g/mol. The Morgan fingerprint density at radius 1 is 1.21 bits per heavy atom. The van der Waals surface area contributed by atoms with Gasteiger partial charge in [-0.3, -0.25) is 9.59 Å². The molecule has 0 saturated carbocycles. The fraction of sp³-hybridized carbons (Fsp3) is 0.455. The zero-order valence-electron chi connectivity index (χ0n) is 16.8. The van der Waals surface area contributed by atoms with Crippen molar-refractivity contribution in [3.05, 3.63) is 39.6 Å². The fourth-order valence-corrected chi connectivity index (χ4v) is 4.97. The zero-order valence-corrected chi connectivity index (χ0v) is 17.6. The van der Waals surface area contributed by atoms with E-state index >= 15 is 0 Å². The predicted molar refractivity (Wildman–Crippen MR) is 113 cm³/mol. The average molecular weight is 415 g/mol. The molecule has 0 fully saturated rings. The number of hydrogen-bond acceptors (Lipinski definition) is 5. The molecule has 2 heterocycles. The van der Waals surface area contributed by atoms with E-state index in [4.69, 9.17) is 9.47 Å². The Morgan fingerprint density at radius 2 is 2.00 bits per heavy atom. The van der Waals surface area contributed by atoms with Gasteiger partial charge in [0, 0.05) is 23.2 Å². The summed E-state index contributed by atoms with van der Waals surface area (Å²) in [6.07, 6.45) is 3.26. The molecule has 29 heavy (non-hydrogen) atoms. The van der Waals surface area contributed by atoms with E-state index in [9.17, 15) is 9.59 Å². The van der Waals surface area contributed by atoms with E-state index in [0.717, 1.165) is 17.7 Å². The minimum absolute atomic E-state index is 0.0166. The van der Waals surface area contributed by atoms with Gasteiger partial charge < -0.3 is 19.7 Å². The summed E-state index contributed by atoms with van der Waals surface area (Å²) in [7, 11) is 0. The van der Waals surface area contributed by atoms with Gasteiger partial charge in [0.25, 0.3) is 5.91 Å². The van der Waals surface area contributed by atoms with Crippen LogP contribution in [-0.4, -0.2) is 43.0 Å². The number of amides is 2. The number of rotatable bonds is 5. The lowest BCUT2D eigenvalue weighted by atomic mass is 9.90. The van der Waals surface area contributed by atoms with Gasteiger partial charge in [0.1, 0.15) is 19.8 Å². The summed E-state index contributed by atoms with van der Waals surface area (Å²) in [4.78, 5) is 29.2. The first-order valence-corrected chi connectivity index (χ1v) is 11.0. The molecule has 0 saturated heterocycles. The molecule has 6 nitrogen and oxygen atoms in total. The number of likely N-dealkylation sites (N-methyl/N-ethyl adjacent to an activating group) is 1. The number of hydrogen-bond donors (Lipinski definition) is 1. The van der Waals surface area contributed by atoms with Gasteiger partial charge in [0.05, 0.1) is 4.88 Å². The lowest BCUT2D eigenvalue weighted by Gasteiger charge is -2.21. The lowest BCUT2D eigenvalue weighted by Crippen LogP contribution is -2.37. The van der Waals surface area contributed by atoms with Crippen LogP contribution in [0, 0.1) is 5.92 Å². The Morgan fingerprint density at radius 3 is 2.79 bits per heavy atom. The molecule has 2 aliphatic rings. The number of fused-ring (bicyclic) bond motifs is 2. The van der Waals surface area contributed by atoms with Crippen molar-refractivity contribution in [2.75, 3.05) is 31.6 Å². The van der Waals surface area contributed by atoms with E-state index in [1.165, 1.54) is 16.9 Å². The highest BCUT2D eigenvalue weighted by atomic mass is 32.1. The summed E-state index contributed by atoms with van der Waals surface area (Å²) in [6.45, 7) is 5.66. The van der Waals surface area contributed by atoms with E-state index in [-0.39, 0.29) is 18.4 Å². The van der Waals surface area contributed by atoms with Gasteiger partial charge in [0.2, 0.25) is 5.91 Å². The zero-order chi connectivity index (χ0) is 20.4. The molecule has 0 bridgehead atoms. The minimum Gasteiger partial charge on any atom is -0.486 e. The SMILES string of the molecule is CCN(CC(=O)Nc1ccc2c(c1)OCCO2)C(=O)c1cc2c(s1)CCC(C)C2. The number of carbonyl (C=O) groups is 2.